The van der Waals surface area contributed by atoms with Gasteiger partial charge in [-0.25, -0.2) is 9.18 Å². The molecule has 0 aliphatic heterocycles. The number of aryl methyl sites for hydroxylation is 1. The summed E-state index contributed by atoms with van der Waals surface area (Å²) in [7, 11) is 0. The molecular formula is C19H28FN3O4. The highest BCUT2D eigenvalue weighted by Crippen LogP contribution is 2.06. The number of nitrogens with one attached hydrogen (secondary N) is 3. The summed E-state index contributed by atoms with van der Waals surface area (Å²) in [6.07, 6.45) is 0.247. The third kappa shape index (κ3) is 11.6. The summed E-state index contributed by atoms with van der Waals surface area (Å²) in [5.41, 5.74) is 0.176. The number of ether oxygens (including phenoxy) is 1. The molecule has 3 N–H and O–H groups in total. The van der Waals surface area contributed by atoms with Gasteiger partial charge >= 0.3 is 6.09 Å². The van der Waals surface area contributed by atoms with E-state index >= 15 is 0 Å². The van der Waals surface area contributed by atoms with E-state index in [1.807, 2.05) is 0 Å². The van der Waals surface area contributed by atoms with Crippen LogP contribution in [0.1, 0.15) is 39.2 Å². The average Bonchev–Trinajstić information content (AvgIpc) is 2.55. The maximum atomic E-state index is 13.1. The number of hydrogen-bond acceptors (Lipinski definition) is 4. The molecule has 0 saturated carbocycles. The minimum atomic E-state index is -0.584. The first kappa shape index (κ1) is 22.4. The summed E-state index contributed by atoms with van der Waals surface area (Å²) >= 11 is 0. The molecule has 0 saturated heterocycles. The molecule has 0 unspecified atom stereocenters. The zero-order valence-electron chi connectivity index (χ0n) is 16.1. The van der Waals surface area contributed by atoms with Gasteiger partial charge in [-0.15, -0.1) is 0 Å². The van der Waals surface area contributed by atoms with Crippen LogP contribution in [-0.2, 0) is 20.7 Å². The Balaban J connectivity index is 2.07. The summed E-state index contributed by atoms with van der Waals surface area (Å²) in [5.74, 6) is -0.725. The molecule has 0 aromatic heterocycles. The van der Waals surface area contributed by atoms with E-state index in [0.29, 0.717) is 13.0 Å². The number of benzene rings is 1. The standard InChI is InChI=1S/C19H28FN3O4/c1-19(2,3)27-18(26)23-10-9-17(25)22-12-11-21-16(24)8-7-14-5-4-6-15(20)13-14/h4-6,13H,7-12H2,1-3H3,(H,21,24)(H,22,25)(H,23,26). The number of alkyl carbamates (subject to hydrolysis) is 1. The number of amides is 3. The van der Waals surface area contributed by atoms with Crippen LogP contribution in [0.3, 0.4) is 0 Å². The van der Waals surface area contributed by atoms with Crippen LogP contribution in [0.15, 0.2) is 24.3 Å². The second-order valence-corrected chi connectivity index (χ2v) is 7.01. The monoisotopic (exact) mass is 381 g/mol. The molecule has 0 aliphatic rings. The lowest BCUT2D eigenvalue weighted by molar-refractivity contribution is -0.122. The zero-order valence-corrected chi connectivity index (χ0v) is 16.1. The molecule has 7 nitrogen and oxygen atoms in total. The Bertz CT molecular complexity index is 644. The fourth-order valence-corrected chi connectivity index (χ4v) is 2.12. The molecule has 0 aliphatic carbocycles. The lowest BCUT2D eigenvalue weighted by Gasteiger charge is -2.19. The van der Waals surface area contributed by atoms with Gasteiger partial charge < -0.3 is 20.7 Å². The first-order valence-corrected chi connectivity index (χ1v) is 8.90. The second kappa shape index (κ2) is 11.2. The lowest BCUT2D eigenvalue weighted by atomic mass is 10.1. The number of halogens is 1. The minimum absolute atomic E-state index is 0.118. The quantitative estimate of drug-likeness (QED) is 0.569. The van der Waals surface area contributed by atoms with Crippen LogP contribution >= 0.6 is 0 Å². The van der Waals surface area contributed by atoms with Crippen molar-refractivity contribution in [2.75, 3.05) is 19.6 Å². The largest absolute Gasteiger partial charge is 0.444 e. The maximum absolute atomic E-state index is 13.1. The first-order chi connectivity index (χ1) is 12.7. The van der Waals surface area contributed by atoms with Gasteiger partial charge in [-0.05, 0) is 44.9 Å². The average molecular weight is 381 g/mol. The van der Waals surface area contributed by atoms with E-state index in [4.69, 9.17) is 4.74 Å². The van der Waals surface area contributed by atoms with Gasteiger partial charge in [0.05, 0.1) is 0 Å². The molecule has 27 heavy (non-hydrogen) atoms. The SMILES string of the molecule is CC(C)(C)OC(=O)NCCC(=O)NCCNC(=O)CCc1cccc(F)c1. The van der Waals surface area contributed by atoms with Crippen molar-refractivity contribution in [3.05, 3.63) is 35.6 Å². The van der Waals surface area contributed by atoms with E-state index in [2.05, 4.69) is 16.0 Å². The summed E-state index contributed by atoms with van der Waals surface area (Å²) < 4.78 is 18.1. The minimum Gasteiger partial charge on any atom is -0.444 e. The third-order valence-electron chi connectivity index (χ3n) is 3.32. The summed E-state index contributed by atoms with van der Waals surface area (Å²) in [4.78, 5) is 34.8. The molecule has 1 aromatic rings. The van der Waals surface area contributed by atoms with Crippen molar-refractivity contribution in [2.24, 2.45) is 0 Å². The Labute approximate surface area is 159 Å². The van der Waals surface area contributed by atoms with Crippen LogP contribution in [0.2, 0.25) is 0 Å². The molecule has 0 atom stereocenters. The zero-order chi connectivity index (χ0) is 20.3. The fraction of sp³-hybridized carbons (Fsp3) is 0.526. The van der Waals surface area contributed by atoms with E-state index in [1.165, 1.54) is 12.1 Å². The number of hydrogen-bond donors (Lipinski definition) is 3. The molecule has 1 rings (SSSR count). The summed E-state index contributed by atoms with van der Waals surface area (Å²) in [6.45, 7) is 6.02. The van der Waals surface area contributed by atoms with Gasteiger partial charge in [0.15, 0.2) is 0 Å². The van der Waals surface area contributed by atoms with Crippen LogP contribution in [0.25, 0.3) is 0 Å². The van der Waals surface area contributed by atoms with Gasteiger partial charge in [0.25, 0.3) is 0 Å². The maximum Gasteiger partial charge on any atom is 0.407 e. The number of rotatable bonds is 9. The van der Waals surface area contributed by atoms with Crippen LogP contribution in [-0.4, -0.2) is 43.1 Å². The van der Waals surface area contributed by atoms with Gasteiger partial charge in [0.2, 0.25) is 11.8 Å². The summed E-state index contributed by atoms with van der Waals surface area (Å²) in [6, 6.07) is 6.13. The van der Waals surface area contributed by atoms with E-state index in [-0.39, 0.29) is 43.6 Å². The predicted octanol–water partition coefficient (Wildman–Crippen LogP) is 1.91. The third-order valence-corrected chi connectivity index (χ3v) is 3.32. The number of carbonyl (C=O) groups excluding carboxylic acids is 3. The van der Waals surface area contributed by atoms with Gasteiger partial charge in [0.1, 0.15) is 11.4 Å². The van der Waals surface area contributed by atoms with Crippen molar-refractivity contribution in [1.29, 1.82) is 0 Å². The van der Waals surface area contributed by atoms with E-state index in [1.54, 1.807) is 32.9 Å². The molecular weight excluding hydrogens is 353 g/mol. The molecule has 0 heterocycles. The van der Waals surface area contributed by atoms with Crippen LogP contribution in [0.5, 0.6) is 0 Å². The first-order valence-electron chi connectivity index (χ1n) is 8.90. The van der Waals surface area contributed by atoms with Crippen molar-refractivity contribution in [3.8, 4) is 0 Å². The van der Waals surface area contributed by atoms with Crippen molar-refractivity contribution in [1.82, 2.24) is 16.0 Å². The van der Waals surface area contributed by atoms with Crippen LogP contribution < -0.4 is 16.0 Å². The number of carbonyl (C=O) groups is 3. The lowest BCUT2D eigenvalue weighted by Crippen LogP contribution is -2.37. The van der Waals surface area contributed by atoms with Gasteiger partial charge in [0, 0.05) is 32.5 Å². The van der Waals surface area contributed by atoms with E-state index in [0.717, 1.165) is 5.56 Å². The summed E-state index contributed by atoms with van der Waals surface area (Å²) in [5, 5.41) is 7.83. The molecule has 8 heteroatoms. The van der Waals surface area contributed by atoms with E-state index < -0.39 is 11.7 Å². The topological polar surface area (TPSA) is 96.5 Å². The van der Waals surface area contributed by atoms with Gasteiger partial charge in [-0.2, -0.15) is 0 Å². The Morgan fingerprint density at radius 3 is 2.19 bits per heavy atom. The fourth-order valence-electron chi connectivity index (χ4n) is 2.12. The molecule has 150 valence electrons. The predicted molar refractivity (Wildman–Crippen MR) is 99.6 cm³/mol. The van der Waals surface area contributed by atoms with Gasteiger partial charge in [-0.1, -0.05) is 12.1 Å². The van der Waals surface area contributed by atoms with Crippen molar-refractivity contribution in [2.45, 2.75) is 45.6 Å². The molecule has 0 spiro atoms. The highest BCUT2D eigenvalue weighted by molar-refractivity contribution is 5.77. The second-order valence-electron chi connectivity index (χ2n) is 7.01. The highest BCUT2D eigenvalue weighted by Gasteiger charge is 2.15. The van der Waals surface area contributed by atoms with Gasteiger partial charge in [-0.3, -0.25) is 9.59 Å². The van der Waals surface area contributed by atoms with Crippen molar-refractivity contribution in [3.63, 3.8) is 0 Å². The Morgan fingerprint density at radius 1 is 0.963 bits per heavy atom. The molecule has 0 bridgehead atoms. The van der Waals surface area contributed by atoms with Crippen molar-refractivity contribution >= 4 is 17.9 Å². The molecule has 0 radical (unpaired) electrons. The van der Waals surface area contributed by atoms with Crippen LogP contribution in [0, 0.1) is 5.82 Å². The molecule has 3 amide bonds. The molecule has 1 aromatic carbocycles. The Hall–Kier alpha value is -2.64. The highest BCUT2D eigenvalue weighted by atomic mass is 19.1. The normalized spacial score (nSPS) is 10.8. The van der Waals surface area contributed by atoms with Crippen molar-refractivity contribution < 1.29 is 23.5 Å². The van der Waals surface area contributed by atoms with E-state index in [9.17, 15) is 18.8 Å². The Morgan fingerprint density at radius 2 is 1.59 bits per heavy atom. The van der Waals surface area contributed by atoms with Crippen LogP contribution in [0.4, 0.5) is 9.18 Å². The molecule has 0 fully saturated rings. The Kier molecular flexibility index (Phi) is 9.25. The smallest absolute Gasteiger partial charge is 0.407 e.